The van der Waals surface area contributed by atoms with Gasteiger partial charge in [-0.3, -0.25) is 4.79 Å². The number of rotatable bonds is 4. The van der Waals surface area contributed by atoms with Gasteiger partial charge in [0.05, 0.1) is 12.2 Å². The van der Waals surface area contributed by atoms with Crippen molar-refractivity contribution in [2.45, 2.75) is 19.9 Å². The van der Waals surface area contributed by atoms with Crippen LogP contribution in [0, 0.1) is 6.92 Å². The Morgan fingerprint density at radius 1 is 0.935 bits per heavy atom. The van der Waals surface area contributed by atoms with Crippen molar-refractivity contribution in [2.24, 2.45) is 0 Å². The molecule has 1 aliphatic rings. The summed E-state index contributed by atoms with van der Waals surface area (Å²) in [5.41, 5.74) is 5.75. The van der Waals surface area contributed by atoms with Gasteiger partial charge in [-0.1, -0.05) is 48.5 Å². The summed E-state index contributed by atoms with van der Waals surface area (Å²) < 4.78 is 30.6. The van der Waals surface area contributed by atoms with Gasteiger partial charge in [-0.2, -0.15) is 8.78 Å². The first-order chi connectivity index (χ1) is 15.0. The number of hydrogen-bond acceptors (Lipinski definition) is 4. The topological polar surface area (TPSA) is 59.2 Å². The van der Waals surface area contributed by atoms with Crippen LogP contribution in [0.25, 0.3) is 22.6 Å². The second kappa shape index (κ2) is 7.43. The lowest BCUT2D eigenvalue weighted by Crippen LogP contribution is -2.23. The van der Waals surface area contributed by atoms with Crippen molar-refractivity contribution in [3.63, 3.8) is 0 Å². The van der Waals surface area contributed by atoms with Gasteiger partial charge in [-0.05, 0) is 41.8 Å². The van der Waals surface area contributed by atoms with Gasteiger partial charge in [0.2, 0.25) is 5.89 Å². The summed E-state index contributed by atoms with van der Waals surface area (Å²) in [6.07, 6.45) is -2.84. The van der Waals surface area contributed by atoms with Gasteiger partial charge in [-0.15, -0.1) is 10.2 Å². The Morgan fingerprint density at radius 3 is 2.42 bits per heavy atom. The molecule has 5 rings (SSSR count). The summed E-state index contributed by atoms with van der Waals surface area (Å²) in [4.78, 5) is 15.0. The summed E-state index contributed by atoms with van der Waals surface area (Å²) in [5.74, 6) is -0.938. The molecule has 0 unspecified atom stereocenters. The average molecular weight is 417 g/mol. The van der Waals surface area contributed by atoms with Crippen molar-refractivity contribution >= 4 is 11.6 Å². The molecule has 7 heteroatoms. The third-order valence-electron chi connectivity index (χ3n) is 5.42. The molecule has 0 fully saturated rings. The lowest BCUT2D eigenvalue weighted by atomic mass is 9.98. The lowest BCUT2D eigenvalue weighted by Gasteiger charge is -2.20. The Kier molecular flexibility index (Phi) is 4.58. The SMILES string of the molecule is Cc1ccccc1-c1ccccc1N1Cc2ccc(-c3nnc(C(F)F)o3)cc2C1=O. The normalized spacial score (nSPS) is 13.2. The monoisotopic (exact) mass is 417 g/mol. The number of benzene rings is 3. The van der Waals surface area contributed by atoms with Crippen molar-refractivity contribution in [3.05, 3.63) is 89.3 Å². The van der Waals surface area contributed by atoms with E-state index in [0.717, 1.165) is 27.9 Å². The lowest BCUT2D eigenvalue weighted by molar-refractivity contribution is 0.0996. The van der Waals surface area contributed by atoms with Crippen LogP contribution in [0.5, 0.6) is 0 Å². The van der Waals surface area contributed by atoms with Gasteiger partial charge in [0, 0.05) is 16.7 Å². The molecule has 0 radical (unpaired) electrons. The van der Waals surface area contributed by atoms with E-state index in [4.69, 9.17) is 4.42 Å². The van der Waals surface area contributed by atoms with Crippen LogP contribution in [0.3, 0.4) is 0 Å². The summed E-state index contributed by atoms with van der Waals surface area (Å²) in [7, 11) is 0. The maximum absolute atomic E-state index is 13.3. The molecular formula is C24H17F2N3O2. The number of anilines is 1. The second-order valence-electron chi connectivity index (χ2n) is 7.34. The number of halogens is 2. The van der Waals surface area contributed by atoms with Crippen LogP contribution >= 0.6 is 0 Å². The molecule has 0 spiro atoms. The van der Waals surface area contributed by atoms with Crippen LogP contribution in [0.2, 0.25) is 0 Å². The Balaban J connectivity index is 1.52. The molecule has 31 heavy (non-hydrogen) atoms. The number of fused-ring (bicyclic) bond motifs is 1. The van der Waals surface area contributed by atoms with Crippen molar-refractivity contribution in [1.29, 1.82) is 0 Å². The van der Waals surface area contributed by atoms with E-state index >= 15 is 0 Å². The zero-order valence-corrected chi connectivity index (χ0v) is 16.5. The third-order valence-corrected chi connectivity index (χ3v) is 5.42. The number of aromatic nitrogens is 2. The number of amides is 1. The first kappa shape index (κ1) is 19.1. The Bertz CT molecular complexity index is 1300. The number of para-hydroxylation sites is 1. The van der Waals surface area contributed by atoms with E-state index in [9.17, 15) is 13.6 Å². The molecule has 1 aromatic heterocycles. The number of aryl methyl sites for hydroxylation is 1. The molecule has 0 bridgehead atoms. The summed E-state index contributed by atoms with van der Waals surface area (Å²) in [5, 5.41) is 7.04. The van der Waals surface area contributed by atoms with Crippen LogP contribution < -0.4 is 4.90 Å². The predicted molar refractivity (Wildman–Crippen MR) is 112 cm³/mol. The molecule has 4 aromatic rings. The minimum absolute atomic E-state index is 0.0374. The van der Waals surface area contributed by atoms with E-state index in [-0.39, 0.29) is 11.8 Å². The zero-order chi connectivity index (χ0) is 21.5. The zero-order valence-electron chi connectivity index (χ0n) is 16.5. The maximum Gasteiger partial charge on any atom is 0.314 e. The molecule has 1 aliphatic heterocycles. The molecule has 5 nitrogen and oxygen atoms in total. The fourth-order valence-electron chi connectivity index (χ4n) is 3.88. The minimum atomic E-state index is -2.84. The number of hydrogen-bond donors (Lipinski definition) is 0. The third kappa shape index (κ3) is 3.28. The van der Waals surface area contributed by atoms with Crippen LogP contribution in [0.15, 0.2) is 71.1 Å². The van der Waals surface area contributed by atoms with E-state index < -0.39 is 12.3 Å². The summed E-state index contributed by atoms with van der Waals surface area (Å²) in [6.45, 7) is 2.46. The average Bonchev–Trinajstić information content (AvgIpc) is 3.40. The molecular weight excluding hydrogens is 400 g/mol. The van der Waals surface area contributed by atoms with Crippen LogP contribution in [0.1, 0.15) is 33.8 Å². The van der Waals surface area contributed by atoms with E-state index in [2.05, 4.69) is 10.2 Å². The van der Waals surface area contributed by atoms with Crippen molar-refractivity contribution in [1.82, 2.24) is 10.2 Å². The molecule has 0 saturated heterocycles. The summed E-state index contributed by atoms with van der Waals surface area (Å²) >= 11 is 0. The largest absolute Gasteiger partial charge is 0.415 e. The number of alkyl halides is 2. The number of carbonyl (C=O) groups excluding carboxylic acids is 1. The molecule has 0 N–H and O–H groups in total. The highest BCUT2D eigenvalue weighted by Crippen LogP contribution is 2.38. The molecule has 0 saturated carbocycles. The van der Waals surface area contributed by atoms with E-state index in [1.807, 2.05) is 55.5 Å². The molecule has 0 atom stereocenters. The highest BCUT2D eigenvalue weighted by Gasteiger charge is 2.31. The second-order valence-corrected chi connectivity index (χ2v) is 7.34. The van der Waals surface area contributed by atoms with Gasteiger partial charge in [0.15, 0.2) is 0 Å². The van der Waals surface area contributed by atoms with E-state index in [1.165, 1.54) is 0 Å². The Labute approximate surface area is 177 Å². The molecule has 154 valence electrons. The minimum Gasteiger partial charge on any atom is -0.415 e. The molecule has 2 heterocycles. The number of carbonyl (C=O) groups is 1. The van der Waals surface area contributed by atoms with Crippen LogP contribution in [0.4, 0.5) is 14.5 Å². The first-order valence-electron chi connectivity index (χ1n) is 9.74. The van der Waals surface area contributed by atoms with Gasteiger partial charge in [0.25, 0.3) is 11.8 Å². The predicted octanol–water partition coefficient (Wildman–Crippen LogP) is 5.81. The molecule has 0 aliphatic carbocycles. The van der Waals surface area contributed by atoms with Gasteiger partial charge >= 0.3 is 6.43 Å². The molecule has 1 amide bonds. The Morgan fingerprint density at radius 2 is 1.68 bits per heavy atom. The number of nitrogens with zero attached hydrogens (tertiary/aromatic N) is 3. The smallest absolute Gasteiger partial charge is 0.314 e. The first-order valence-corrected chi connectivity index (χ1v) is 9.74. The quantitative estimate of drug-likeness (QED) is 0.420. The van der Waals surface area contributed by atoms with Gasteiger partial charge < -0.3 is 9.32 Å². The van der Waals surface area contributed by atoms with Crippen molar-refractivity contribution in [3.8, 4) is 22.6 Å². The maximum atomic E-state index is 13.3. The van der Waals surface area contributed by atoms with Crippen molar-refractivity contribution < 1.29 is 18.0 Å². The van der Waals surface area contributed by atoms with Crippen LogP contribution in [-0.2, 0) is 6.54 Å². The van der Waals surface area contributed by atoms with Gasteiger partial charge in [-0.25, -0.2) is 0 Å². The van der Waals surface area contributed by atoms with Gasteiger partial charge in [0.1, 0.15) is 0 Å². The Hall–Kier alpha value is -3.87. The van der Waals surface area contributed by atoms with E-state index in [0.29, 0.717) is 17.7 Å². The molecule has 3 aromatic carbocycles. The summed E-state index contributed by atoms with van der Waals surface area (Å²) in [6, 6.07) is 20.9. The van der Waals surface area contributed by atoms with Crippen LogP contribution in [-0.4, -0.2) is 16.1 Å². The standard InChI is InChI=1S/C24H17F2N3O2/c1-14-6-2-3-7-17(14)18-8-4-5-9-20(18)29-13-16-11-10-15(12-19(16)24(29)30)22-27-28-23(31-22)21(25)26/h2-12,21H,13H2,1H3. The highest BCUT2D eigenvalue weighted by molar-refractivity contribution is 6.12. The van der Waals surface area contributed by atoms with Crippen molar-refractivity contribution in [2.75, 3.05) is 4.90 Å². The fraction of sp³-hybridized carbons (Fsp3) is 0.125. The fourth-order valence-corrected chi connectivity index (χ4v) is 3.88. The highest BCUT2D eigenvalue weighted by atomic mass is 19.3. The van der Waals surface area contributed by atoms with E-state index in [1.54, 1.807) is 23.1 Å².